The van der Waals surface area contributed by atoms with Gasteiger partial charge in [-0.1, -0.05) is 0 Å². The molecule has 10 heteroatoms. The highest BCUT2D eigenvalue weighted by atomic mass is 32.2. The van der Waals surface area contributed by atoms with Gasteiger partial charge in [-0.2, -0.15) is 11.8 Å². The zero-order valence-corrected chi connectivity index (χ0v) is 16.4. The highest BCUT2D eigenvalue weighted by Crippen LogP contribution is 2.28. The SMILES string of the molecule is CSCCC(N)C(=O)NCC1CCC(C(=O)NC(CC(N)=O)C(=O)O)CC1. The van der Waals surface area contributed by atoms with Crippen LogP contribution in [0.3, 0.4) is 0 Å². The summed E-state index contributed by atoms with van der Waals surface area (Å²) in [6.45, 7) is 0.527. The molecule has 1 saturated carbocycles. The number of carbonyl (C=O) groups is 4. The van der Waals surface area contributed by atoms with Crippen LogP contribution in [0.4, 0.5) is 0 Å². The average Bonchev–Trinajstić information content (AvgIpc) is 2.63. The topological polar surface area (TPSA) is 165 Å². The Balaban J connectivity index is 2.36. The Labute approximate surface area is 163 Å². The van der Waals surface area contributed by atoms with Gasteiger partial charge in [0.1, 0.15) is 6.04 Å². The molecular weight excluding hydrogens is 372 g/mol. The first kappa shape index (κ1) is 23.2. The van der Waals surface area contributed by atoms with Gasteiger partial charge >= 0.3 is 5.97 Å². The molecule has 0 bridgehead atoms. The number of primary amides is 1. The van der Waals surface area contributed by atoms with Crippen LogP contribution in [0.2, 0.25) is 0 Å². The summed E-state index contributed by atoms with van der Waals surface area (Å²) >= 11 is 1.65. The van der Waals surface area contributed by atoms with Gasteiger partial charge in [-0.3, -0.25) is 14.4 Å². The summed E-state index contributed by atoms with van der Waals surface area (Å²) in [4.78, 5) is 46.2. The number of carboxylic acids is 1. The fourth-order valence-electron chi connectivity index (χ4n) is 3.07. The number of hydrogen-bond acceptors (Lipinski definition) is 6. The maximum Gasteiger partial charge on any atom is 0.326 e. The number of carboxylic acid groups (broad SMARTS) is 1. The predicted octanol–water partition coefficient (Wildman–Crippen LogP) is -0.566. The minimum absolute atomic E-state index is 0.153. The molecule has 3 amide bonds. The first-order valence-electron chi connectivity index (χ1n) is 9.08. The first-order valence-corrected chi connectivity index (χ1v) is 10.5. The molecule has 0 aliphatic heterocycles. The van der Waals surface area contributed by atoms with Crippen molar-refractivity contribution in [3.63, 3.8) is 0 Å². The third-order valence-corrected chi connectivity index (χ3v) is 5.42. The first-order chi connectivity index (χ1) is 12.7. The van der Waals surface area contributed by atoms with Crippen LogP contribution in [0.25, 0.3) is 0 Å². The predicted molar refractivity (Wildman–Crippen MR) is 103 cm³/mol. The van der Waals surface area contributed by atoms with Crippen molar-refractivity contribution in [3.8, 4) is 0 Å². The Morgan fingerprint density at radius 2 is 1.81 bits per heavy atom. The Bertz CT molecular complexity index is 537. The Morgan fingerprint density at radius 1 is 1.19 bits per heavy atom. The highest BCUT2D eigenvalue weighted by Gasteiger charge is 2.30. The van der Waals surface area contributed by atoms with Gasteiger partial charge in [0.05, 0.1) is 12.5 Å². The van der Waals surface area contributed by atoms with Crippen molar-refractivity contribution in [1.29, 1.82) is 0 Å². The quantitative estimate of drug-likeness (QED) is 0.309. The molecule has 27 heavy (non-hydrogen) atoms. The van der Waals surface area contributed by atoms with E-state index in [9.17, 15) is 19.2 Å². The van der Waals surface area contributed by atoms with Crippen molar-refractivity contribution in [2.75, 3.05) is 18.6 Å². The summed E-state index contributed by atoms with van der Waals surface area (Å²) in [5.41, 5.74) is 10.8. The van der Waals surface area contributed by atoms with Crippen molar-refractivity contribution in [3.05, 3.63) is 0 Å². The van der Waals surface area contributed by atoms with Crippen molar-refractivity contribution in [1.82, 2.24) is 10.6 Å². The van der Waals surface area contributed by atoms with Gasteiger partial charge in [-0.15, -0.1) is 0 Å². The van der Waals surface area contributed by atoms with Crippen molar-refractivity contribution in [2.45, 2.75) is 50.6 Å². The number of aliphatic carboxylic acids is 1. The van der Waals surface area contributed by atoms with Gasteiger partial charge in [0.2, 0.25) is 17.7 Å². The van der Waals surface area contributed by atoms with E-state index in [1.807, 2.05) is 6.26 Å². The zero-order valence-electron chi connectivity index (χ0n) is 15.6. The minimum atomic E-state index is -1.30. The van der Waals surface area contributed by atoms with Crippen molar-refractivity contribution < 1.29 is 24.3 Å². The van der Waals surface area contributed by atoms with Crippen LogP contribution < -0.4 is 22.1 Å². The molecule has 0 saturated heterocycles. The number of thioether (sulfide) groups is 1. The van der Waals surface area contributed by atoms with Crippen LogP contribution in [-0.4, -0.2) is 59.4 Å². The molecule has 1 aliphatic carbocycles. The van der Waals surface area contributed by atoms with E-state index in [1.165, 1.54) is 0 Å². The highest BCUT2D eigenvalue weighted by molar-refractivity contribution is 7.98. The number of rotatable bonds is 11. The third-order valence-electron chi connectivity index (χ3n) is 4.77. The maximum absolute atomic E-state index is 12.2. The van der Waals surface area contributed by atoms with Crippen molar-refractivity contribution in [2.24, 2.45) is 23.3 Å². The van der Waals surface area contributed by atoms with E-state index >= 15 is 0 Å². The molecule has 1 fully saturated rings. The fraction of sp³-hybridized carbons (Fsp3) is 0.765. The largest absolute Gasteiger partial charge is 0.480 e. The number of amides is 3. The van der Waals surface area contributed by atoms with Gasteiger partial charge < -0.3 is 27.2 Å². The number of hydrogen-bond donors (Lipinski definition) is 5. The van der Waals surface area contributed by atoms with Crippen molar-refractivity contribution >= 4 is 35.5 Å². The van der Waals surface area contributed by atoms with E-state index < -0.39 is 30.4 Å². The van der Waals surface area contributed by atoms with Crippen LogP contribution in [0.15, 0.2) is 0 Å². The number of carbonyl (C=O) groups excluding carboxylic acids is 3. The van der Waals surface area contributed by atoms with Gasteiger partial charge in [-0.25, -0.2) is 4.79 Å². The second-order valence-corrected chi connectivity index (χ2v) is 7.91. The minimum Gasteiger partial charge on any atom is -0.480 e. The summed E-state index contributed by atoms with van der Waals surface area (Å²) in [6, 6.07) is -1.80. The lowest BCUT2D eigenvalue weighted by Gasteiger charge is -2.29. The van der Waals surface area contributed by atoms with Gasteiger partial charge in [0.25, 0.3) is 0 Å². The molecule has 9 nitrogen and oxygen atoms in total. The molecule has 0 aromatic rings. The van der Waals surface area contributed by atoms with E-state index in [4.69, 9.17) is 16.6 Å². The van der Waals surface area contributed by atoms with E-state index in [-0.39, 0.29) is 23.7 Å². The monoisotopic (exact) mass is 402 g/mol. The molecule has 0 aromatic carbocycles. The molecule has 0 spiro atoms. The van der Waals surface area contributed by atoms with E-state index in [2.05, 4.69) is 10.6 Å². The summed E-state index contributed by atoms with van der Waals surface area (Å²) < 4.78 is 0. The van der Waals surface area contributed by atoms with Gasteiger partial charge in [-0.05, 0) is 50.0 Å². The smallest absolute Gasteiger partial charge is 0.326 e. The number of nitrogens with two attached hydrogens (primary N) is 2. The lowest BCUT2D eigenvalue weighted by Crippen LogP contribution is -2.46. The molecule has 0 aromatic heterocycles. The molecule has 1 aliphatic rings. The lowest BCUT2D eigenvalue weighted by molar-refractivity contribution is -0.144. The van der Waals surface area contributed by atoms with Crippen LogP contribution in [0.1, 0.15) is 38.5 Å². The molecule has 1 rings (SSSR count). The normalized spacial score (nSPS) is 21.7. The summed E-state index contributed by atoms with van der Waals surface area (Å²) in [7, 11) is 0. The Kier molecular flexibility index (Phi) is 10.2. The lowest BCUT2D eigenvalue weighted by atomic mass is 9.81. The molecule has 0 radical (unpaired) electrons. The maximum atomic E-state index is 12.2. The van der Waals surface area contributed by atoms with Gasteiger partial charge in [0, 0.05) is 12.5 Å². The average molecular weight is 403 g/mol. The van der Waals surface area contributed by atoms with E-state index in [0.717, 1.165) is 18.6 Å². The molecule has 7 N–H and O–H groups in total. The molecule has 0 heterocycles. The third kappa shape index (κ3) is 8.61. The van der Waals surface area contributed by atoms with Crippen LogP contribution in [0, 0.1) is 11.8 Å². The van der Waals surface area contributed by atoms with Crippen LogP contribution >= 0.6 is 11.8 Å². The second-order valence-electron chi connectivity index (χ2n) is 6.92. The second kappa shape index (κ2) is 11.8. The molecular formula is C17H30N4O5S. The van der Waals surface area contributed by atoms with E-state index in [1.54, 1.807) is 11.8 Å². The summed E-state index contributed by atoms with van der Waals surface area (Å²) in [5, 5.41) is 14.3. The summed E-state index contributed by atoms with van der Waals surface area (Å²) in [6.07, 6.45) is 4.89. The Hall–Kier alpha value is -1.81. The number of nitrogens with one attached hydrogen (secondary N) is 2. The van der Waals surface area contributed by atoms with Crippen LogP contribution in [0.5, 0.6) is 0 Å². The van der Waals surface area contributed by atoms with Crippen LogP contribution in [-0.2, 0) is 19.2 Å². The summed E-state index contributed by atoms with van der Waals surface area (Å²) in [5.74, 6) is -1.77. The molecule has 154 valence electrons. The zero-order chi connectivity index (χ0) is 20.4. The fourth-order valence-corrected chi connectivity index (χ4v) is 3.56. The van der Waals surface area contributed by atoms with E-state index in [0.29, 0.717) is 25.8 Å². The Morgan fingerprint density at radius 3 is 2.33 bits per heavy atom. The standard InChI is InChI=1S/C17H30N4O5S/c1-27-7-6-12(18)16(24)20-9-10-2-4-11(5-3-10)15(23)21-13(17(25)26)8-14(19)22/h10-13H,2-9,18H2,1H3,(H2,19,22)(H,20,24)(H,21,23)(H,25,26). The molecule has 2 unspecified atom stereocenters. The van der Waals surface area contributed by atoms with Gasteiger partial charge in [0.15, 0.2) is 0 Å². The molecule has 2 atom stereocenters.